The number of anilines is 3. The lowest BCUT2D eigenvalue weighted by Gasteiger charge is -2.29. The van der Waals surface area contributed by atoms with Crippen molar-refractivity contribution in [2.75, 3.05) is 36.3 Å². The fourth-order valence-corrected chi connectivity index (χ4v) is 4.06. The minimum atomic E-state index is -2.19. The second kappa shape index (κ2) is 8.90. The van der Waals surface area contributed by atoms with Crippen LogP contribution in [0, 0.1) is 6.92 Å². The zero-order valence-electron chi connectivity index (χ0n) is 26.3. The van der Waals surface area contributed by atoms with Crippen molar-refractivity contribution < 1.29 is 15.8 Å². The summed E-state index contributed by atoms with van der Waals surface area (Å²) >= 11 is 0. The Balaban J connectivity index is 1.54. The number of hydrogen-bond acceptors (Lipinski definition) is 8. The Morgan fingerprint density at radius 1 is 1.18 bits per heavy atom. The fraction of sp³-hybridized carbons (Fsp3) is 0.458. The minimum Gasteiger partial charge on any atom is -0.368 e. The number of carbonyl (C=O) groups excluding carboxylic acids is 1. The van der Waals surface area contributed by atoms with E-state index in [1.807, 2.05) is 0 Å². The first-order valence-electron chi connectivity index (χ1n) is 14.6. The van der Waals surface area contributed by atoms with Crippen molar-refractivity contribution in [3.8, 4) is 0 Å². The summed E-state index contributed by atoms with van der Waals surface area (Å²) in [7, 11) is 0. The maximum Gasteiger partial charge on any atom is 0.263 e. The molecule has 1 aliphatic carbocycles. The van der Waals surface area contributed by atoms with Gasteiger partial charge in [0.15, 0.2) is 5.78 Å². The quantitative estimate of drug-likeness (QED) is 0.566. The molecule has 2 fully saturated rings. The summed E-state index contributed by atoms with van der Waals surface area (Å²) in [6.45, 7) is -1.25. The number of hydrogen-bond donors (Lipinski definition) is 2. The third-order valence-electron chi connectivity index (χ3n) is 5.70. The number of Topliss-reactive ketones (excluding diaryl/α,β-unsaturated/α-hetero) is 1. The van der Waals surface area contributed by atoms with Crippen molar-refractivity contribution in [3.63, 3.8) is 0 Å². The van der Waals surface area contributed by atoms with E-state index in [0.29, 0.717) is 10.9 Å². The largest absolute Gasteiger partial charge is 0.368 e. The van der Waals surface area contributed by atoms with Crippen LogP contribution in [0.15, 0.2) is 29.3 Å². The Labute approximate surface area is 203 Å². The van der Waals surface area contributed by atoms with Crippen molar-refractivity contribution in [2.24, 2.45) is 0 Å². The molecule has 0 radical (unpaired) electrons. The molecule has 0 aromatic carbocycles. The number of rotatable bonds is 5. The van der Waals surface area contributed by atoms with E-state index in [2.05, 4.69) is 25.6 Å². The number of piperazine rings is 1. The molecule has 3 aromatic heterocycles. The van der Waals surface area contributed by atoms with Crippen LogP contribution >= 0.6 is 0 Å². The second-order valence-electron chi connectivity index (χ2n) is 7.86. The SMILES string of the molecule is [2H]C1([2H])CNCC([2H])([2H])N1c1ccc(Nc2ncc3c(C)c(C(C)=O)c(=O)n(C4CC([2H])([2H])C([2H])([2H])C4)c3n2)nc1. The number of carbonyl (C=O) groups is 1. The lowest BCUT2D eigenvalue weighted by Crippen LogP contribution is -2.43. The molecule has 1 saturated heterocycles. The van der Waals surface area contributed by atoms with Gasteiger partial charge in [0.2, 0.25) is 5.95 Å². The third-order valence-corrected chi connectivity index (χ3v) is 5.70. The van der Waals surface area contributed by atoms with Gasteiger partial charge in [-0.2, -0.15) is 4.98 Å². The van der Waals surface area contributed by atoms with E-state index in [4.69, 9.17) is 11.0 Å². The third kappa shape index (κ3) is 4.08. The molecule has 0 spiro atoms. The van der Waals surface area contributed by atoms with Gasteiger partial charge >= 0.3 is 0 Å². The Morgan fingerprint density at radius 3 is 2.61 bits per heavy atom. The molecule has 4 heterocycles. The van der Waals surface area contributed by atoms with Crippen molar-refractivity contribution >= 4 is 34.3 Å². The summed E-state index contributed by atoms with van der Waals surface area (Å²) in [6.07, 6.45) is -2.19. The van der Waals surface area contributed by atoms with Crippen LogP contribution in [-0.2, 0) is 0 Å². The predicted molar refractivity (Wildman–Crippen MR) is 129 cm³/mol. The van der Waals surface area contributed by atoms with E-state index < -0.39 is 43.1 Å². The molecule has 9 nitrogen and oxygen atoms in total. The normalized spacial score (nSPS) is 26.7. The Bertz CT molecular complexity index is 1560. The number of ketones is 1. The van der Waals surface area contributed by atoms with Crippen LogP contribution in [0.1, 0.15) is 65.4 Å². The highest BCUT2D eigenvalue weighted by Crippen LogP contribution is 2.32. The second-order valence-corrected chi connectivity index (χ2v) is 7.86. The van der Waals surface area contributed by atoms with E-state index in [9.17, 15) is 9.59 Å². The molecule has 0 atom stereocenters. The van der Waals surface area contributed by atoms with Gasteiger partial charge in [-0.25, -0.2) is 9.97 Å². The van der Waals surface area contributed by atoms with E-state index in [1.165, 1.54) is 36.0 Å². The summed E-state index contributed by atoms with van der Waals surface area (Å²) in [5.41, 5.74) is -0.0383. The lowest BCUT2D eigenvalue weighted by molar-refractivity contribution is 0.101. The van der Waals surface area contributed by atoms with Crippen molar-refractivity contribution in [2.45, 2.75) is 45.5 Å². The molecule has 1 aliphatic heterocycles. The first-order chi connectivity index (χ1) is 18.9. The monoisotopic (exact) mass is 455 g/mol. The minimum absolute atomic E-state index is 0.0257. The van der Waals surface area contributed by atoms with Gasteiger partial charge in [0.05, 0.1) is 22.9 Å². The van der Waals surface area contributed by atoms with Crippen molar-refractivity contribution in [1.29, 1.82) is 0 Å². The molecule has 2 aliphatic rings. The van der Waals surface area contributed by atoms with Gasteiger partial charge in [0.25, 0.3) is 5.56 Å². The van der Waals surface area contributed by atoms with Crippen molar-refractivity contribution in [3.05, 3.63) is 46.0 Å². The van der Waals surface area contributed by atoms with E-state index in [1.54, 1.807) is 6.92 Å². The molecule has 33 heavy (non-hydrogen) atoms. The molecule has 5 rings (SSSR count). The molecule has 2 N–H and O–H groups in total. The Kier molecular flexibility index (Phi) is 3.79. The highest BCUT2D eigenvalue weighted by atomic mass is 16.1. The molecule has 0 unspecified atom stereocenters. The maximum atomic E-state index is 13.6. The predicted octanol–water partition coefficient (Wildman–Crippen LogP) is 2.97. The number of fused-ring (bicyclic) bond motifs is 1. The fourth-order valence-electron chi connectivity index (χ4n) is 4.06. The molecular weight excluding hydrogens is 418 g/mol. The van der Waals surface area contributed by atoms with Crippen LogP contribution in [0.4, 0.5) is 17.5 Å². The van der Waals surface area contributed by atoms with Gasteiger partial charge in [-0.05, 0) is 44.4 Å². The molecular formula is C24H29N7O2. The van der Waals surface area contributed by atoms with E-state index in [-0.39, 0.29) is 54.6 Å². The topological polar surface area (TPSA) is 105 Å². The van der Waals surface area contributed by atoms with Gasteiger partial charge in [0, 0.05) is 49.2 Å². The van der Waals surface area contributed by atoms with Crippen LogP contribution in [-0.4, -0.2) is 51.4 Å². The number of nitrogens with one attached hydrogen (secondary N) is 2. The van der Waals surface area contributed by atoms with Gasteiger partial charge in [-0.1, -0.05) is 12.7 Å². The Morgan fingerprint density at radius 2 is 1.94 bits per heavy atom. The van der Waals surface area contributed by atoms with Crippen LogP contribution < -0.4 is 21.1 Å². The molecule has 3 aromatic rings. The summed E-state index contributed by atoms with van der Waals surface area (Å²) < 4.78 is 66.8. The molecule has 0 amide bonds. The smallest absolute Gasteiger partial charge is 0.263 e. The van der Waals surface area contributed by atoms with Gasteiger partial charge in [-0.3, -0.25) is 14.2 Å². The highest BCUT2D eigenvalue weighted by Gasteiger charge is 2.25. The molecule has 172 valence electrons. The number of aryl methyl sites for hydroxylation is 1. The van der Waals surface area contributed by atoms with Crippen LogP contribution in [0.5, 0.6) is 0 Å². The summed E-state index contributed by atoms with van der Waals surface area (Å²) in [4.78, 5) is 40.1. The van der Waals surface area contributed by atoms with E-state index >= 15 is 0 Å². The average Bonchev–Trinajstić information content (AvgIpc) is 3.05. The zero-order valence-corrected chi connectivity index (χ0v) is 18.3. The summed E-state index contributed by atoms with van der Waals surface area (Å²) in [5.74, 6) is -0.196. The molecule has 1 saturated carbocycles. The highest BCUT2D eigenvalue weighted by molar-refractivity contribution is 5.99. The standard InChI is InChI=1S/C24H29N7O2/c1-15-19-14-27-24(28-20-8-7-18(13-26-20)30-11-9-25-10-12-30)29-22(19)31(17-5-3-4-6-17)23(33)21(15)16(2)32/h7-8,13-14,17,25H,3-6,9-12H2,1-2H3,(H,26,27,28,29)/i3D2,4D2,11D2,12D2. The summed E-state index contributed by atoms with van der Waals surface area (Å²) in [5, 5.41) is 6.05. The number of pyridine rings is 2. The molecule has 9 heteroatoms. The van der Waals surface area contributed by atoms with Gasteiger partial charge < -0.3 is 15.5 Å². The molecule has 0 bridgehead atoms. The lowest BCUT2D eigenvalue weighted by atomic mass is 10.0. The van der Waals surface area contributed by atoms with Crippen molar-refractivity contribution in [1.82, 2.24) is 24.8 Å². The Hall–Kier alpha value is -3.33. The van der Waals surface area contributed by atoms with Gasteiger partial charge in [0.1, 0.15) is 11.5 Å². The maximum absolute atomic E-state index is 13.6. The average molecular weight is 456 g/mol. The van der Waals surface area contributed by atoms with Crippen LogP contribution in [0.3, 0.4) is 0 Å². The van der Waals surface area contributed by atoms with E-state index in [0.717, 1.165) is 4.90 Å². The zero-order chi connectivity index (χ0) is 30.1. The first kappa shape index (κ1) is 14.0. The van der Waals surface area contributed by atoms with Crippen LogP contribution in [0.2, 0.25) is 0 Å². The summed E-state index contributed by atoms with van der Waals surface area (Å²) in [6, 6.07) is 2.13. The number of nitrogens with zero attached hydrogens (tertiary/aromatic N) is 5. The van der Waals surface area contributed by atoms with Crippen LogP contribution in [0.25, 0.3) is 11.0 Å². The first-order valence-corrected chi connectivity index (χ1v) is 10.6. The number of aromatic nitrogens is 4. The van der Waals surface area contributed by atoms with Gasteiger partial charge in [-0.15, -0.1) is 0 Å².